The average molecular weight is 341 g/mol. The van der Waals surface area contributed by atoms with E-state index < -0.39 is 5.92 Å². The molecule has 1 aliphatic rings. The lowest BCUT2D eigenvalue weighted by atomic mass is 9.88. The number of hydrogen-bond donors (Lipinski definition) is 0. The van der Waals surface area contributed by atoms with E-state index >= 15 is 0 Å². The van der Waals surface area contributed by atoms with Crippen LogP contribution < -0.4 is 4.74 Å². The van der Waals surface area contributed by atoms with Gasteiger partial charge in [-0.3, -0.25) is 9.63 Å². The summed E-state index contributed by atoms with van der Waals surface area (Å²) in [4.78, 5) is 18.3. The fraction of sp³-hybridized carbons (Fsp3) is 0.350. The molecule has 2 aromatic rings. The first-order valence-electron chi connectivity index (χ1n) is 8.64. The molecule has 132 valence electrons. The first-order chi connectivity index (χ1) is 12.2. The summed E-state index contributed by atoms with van der Waals surface area (Å²) in [5, 5.41) is 1.79. The van der Waals surface area contributed by atoms with Crippen molar-refractivity contribution in [2.45, 2.75) is 19.8 Å². The molecule has 0 spiro atoms. The van der Waals surface area contributed by atoms with Gasteiger partial charge in [-0.25, -0.2) is 0 Å². The number of ether oxygens (including phenoxy) is 2. The number of rotatable bonds is 7. The van der Waals surface area contributed by atoms with Gasteiger partial charge in [0.1, 0.15) is 24.0 Å². The van der Waals surface area contributed by atoms with Crippen LogP contribution in [0.2, 0.25) is 0 Å². The van der Waals surface area contributed by atoms with Gasteiger partial charge in [0.2, 0.25) is 0 Å². The Kier molecular flexibility index (Phi) is 5.68. The van der Waals surface area contributed by atoms with Gasteiger partial charge in [-0.1, -0.05) is 43.3 Å². The van der Waals surface area contributed by atoms with Crippen molar-refractivity contribution in [1.29, 1.82) is 0 Å². The number of carbonyl (C=O) groups excluding carboxylic acids is 1. The van der Waals surface area contributed by atoms with Gasteiger partial charge in [-0.15, -0.1) is 0 Å². The second-order valence-electron chi connectivity index (χ2n) is 5.72. The molecule has 2 aromatic carbocycles. The SMILES string of the molecule is CCON(CC)CCOC(=O)C1c2ccccc2Oc2ccccc21. The van der Waals surface area contributed by atoms with Gasteiger partial charge in [0, 0.05) is 17.7 Å². The van der Waals surface area contributed by atoms with Gasteiger partial charge in [-0.2, -0.15) is 5.06 Å². The van der Waals surface area contributed by atoms with Gasteiger partial charge in [0.05, 0.1) is 13.2 Å². The van der Waals surface area contributed by atoms with Crippen molar-refractivity contribution in [3.63, 3.8) is 0 Å². The van der Waals surface area contributed by atoms with Crippen LogP contribution in [0.25, 0.3) is 0 Å². The molecule has 0 aliphatic carbocycles. The Morgan fingerprint density at radius 3 is 2.20 bits per heavy atom. The molecule has 0 saturated heterocycles. The minimum atomic E-state index is -0.469. The molecule has 0 amide bonds. The Morgan fingerprint density at radius 2 is 1.64 bits per heavy atom. The highest BCUT2D eigenvalue weighted by atomic mass is 16.7. The molecule has 0 saturated carbocycles. The smallest absolute Gasteiger partial charge is 0.318 e. The zero-order valence-corrected chi connectivity index (χ0v) is 14.6. The van der Waals surface area contributed by atoms with E-state index in [9.17, 15) is 4.79 Å². The maximum absolute atomic E-state index is 12.8. The second-order valence-corrected chi connectivity index (χ2v) is 5.72. The van der Waals surface area contributed by atoms with Gasteiger partial charge in [-0.05, 0) is 19.1 Å². The van der Waals surface area contributed by atoms with Crippen LogP contribution in [0.5, 0.6) is 11.5 Å². The van der Waals surface area contributed by atoms with Crippen LogP contribution in [0.15, 0.2) is 48.5 Å². The highest BCUT2D eigenvalue weighted by molar-refractivity contribution is 5.85. The zero-order chi connectivity index (χ0) is 17.6. The number of hydrogen-bond acceptors (Lipinski definition) is 5. The molecule has 1 heterocycles. The minimum Gasteiger partial charge on any atom is -0.464 e. The Hall–Kier alpha value is -2.37. The molecular formula is C20H23NO4. The summed E-state index contributed by atoms with van der Waals surface area (Å²) in [6.45, 7) is 6.11. The van der Waals surface area contributed by atoms with Crippen molar-refractivity contribution < 1.29 is 19.1 Å². The summed E-state index contributed by atoms with van der Waals surface area (Å²) >= 11 is 0. The van der Waals surface area contributed by atoms with Gasteiger partial charge in [0.15, 0.2) is 0 Å². The van der Waals surface area contributed by atoms with Gasteiger partial charge < -0.3 is 9.47 Å². The molecule has 0 bridgehead atoms. The number of likely N-dealkylation sites (N-methyl/N-ethyl adjacent to an activating group) is 1. The third-order valence-corrected chi connectivity index (χ3v) is 4.17. The van der Waals surface area contributed by atoms with Crippen LogP contribution in [0.1, 0.15) is 30.9 Å². The number of fused-ring (bicyclic) bond motifs is 2. The van der Waals surface area contributed by atoms with E-state index in [4.69, 9.17) is 14.3 Å². The molecule has 0 aromatic heterocycles. The number of carbonyl (C=O) groups is 1. The Bertz CT molecular complexity index is 686. The Labute approximate surface area is 148 Å². The van der Waals surface area contributed by atoms with Crippen LogP contribution in [-0.4, -0.2) is 37.3 Å². The van der Waals surface area contributed by atoms with Crippen molar-refractivity contribution in [3.8, 4) is 11.5 Å². The summed E-state index contributed by atoms with van der Waals surface area (Å²) in [5.74, 6) is 0.666. The lowest BCUT2D eigenvalue weighted by Gasteiger charge is -2.27. The van der Waals surface area contributed by atoms with E-state index in [0.29, 0.717) is 24.7 Å². The van der Waals surface area contributed by atoms with E-state index in [-0.39, 0.29) is 12.6 Å². The predicted molar refractivity (Wildman–Crippen MR) is 94.6 cm³/mol. The third-order valence-electron chi connectivity index (χ3n) is 4.17. The number of esters is 1. The molecule has 1 aliphatic heterocycles. The first-order valence-corrected chi connectivity index (χ1v) is 8.64. The largest absolute Gasteiger partial charge is 0.464 e. The summed E-state index contributed by atoms with van der Waals surface area (Å²) < 4.78 is 11.5. The molecule has 0 N–H and O–H groups in total. The van der Waals surface area contributed by atoms with Gasteiger partial charge >= 0.3 is 5.97 Å². The van der Waals surface area contributed by atoms with Crippen LogP contribution in [0.4, 0.5) is 0 Å². The number of benzene rings is 2. The maximum atomic E-state index is 12.8. The van der Waals surface area contributed by atoms with Crippen LogP contribution in [0, 0.1) is 0 Å². The Balaban J connectivity index is 1.76. The standard InChI is InChI=1S/C20H23NO4/c1-3-21(24-4-2)13-14-23-20(22)19-15-9-5-7-11-17(15)25-18-12-8-6-10-16(18)19/h5-12,19H,3-4,13-14H2,1-2H3. The maximum Gasteiger partial charge on any atom is 0.318 e. The summed E-state index contributed by atoms with van der Waals surface area (Å²) in [7, 11) is 0. The summed E-state index contributed by atoms with van der Waals surface area (Å²) in [6, 6.07) is 15.2. The molecule has 0 unspecified atom stereocenters. The topological polar surface area (TPSA) is 48.0 Å². The predicted octanol–water partition coefficient (Wildman–Crippen LogP) is 3.74. The minimum absolute atomic E-state index is 0.268. The summed E-state index contributed by atoms with van der Waals surface area (Å²) in [6.07, 6.45) is 0. The quantitative estimate of drug-likeness (QED) is 0.567. The monoisotopic (exact) mass is 341 g/mol. The van der Waals surface area contributed by atoms with Crippen LogP contribution >= 0.6 is 0 Å². The molecule has 3 rings (SSSR count). The zero-order valence-electron chi connectivity index (χ0n) is 14.6. The molecular weight excluding hydrogens is 318 g/mol. The van der Waals surface area contributed by atoms with Crippen molar-refractivity contribution in [2.24, 2.45) is 0 Å². The van der Waals surface area contributed by atoms with Crippen LogP contribution in [-0.2, 0) is 14.4 Å². The average Bonchev–Trinajstić information content (AvgIpc) is 2.65. The highest BCUT2D eigenvalue weighted by Crippen LogP contribution is 2.44. The van der Waals surface area contributed by atoms with E-state index in [1.807, 2.05) is 62.4 Å². The number of para-hydroxylation sites is 2. The van der Waals surface area contributed by atoms with Gasteiger partial charge in [0.25, 0.3) is 0 Å². The highest BCUT2D eigenvalue weighted by Gasteiger charge is 2.33. The molecule has 25 heavy (non-hydrogen) atoms. The van der Waals surface area contributed by atoms with Crippen molar-refractivity contribution in [3.05, 3.63) is 59.7 Å². The number of hydroxylamine groups is 2. The van der Waals surface area contributed by atoms with E-state index in [2.05, 4.69) is 0 Å². The van der Waals surface area contributed by atoms with Crippen molar-refractivity contribution in [2.75, 3.05) is 26.3 Å². The lowest BCUT2D eigenvalue weighted by Crippen LogP contribution is -2.30. The lowest BCUT2D eigenvalue weighted by molar-refractivity contribution is -0.166. The molecule has 0 radical (unpaired) electrons. The fourth-order valence-electron chi connectivity index (χ4n) is 2.99. The van der Waals surface area contributed by atoms with E-state index in [1.54, 1.807) is 5.06 Å². The Morgan fingerprint density at radius 1 is 1.04 bits per heavy atom. The second kappa shape index (κ2) is 8.14. The third kappa shape index (κ3) is 3.83. The molecule has 5 nitrogen and oxygen atoms in total. The van der Waals surface area contributed by atoms with Crippen molar-refractivity contribution >= 4 is 5.97 Å². The van der Waals surface area contributed by atoms with E-state index in [0.717, 1.165) is 17.7 Å². The van der Waals surface area contributed by atoms with Crippen molar-refractivity contribution in [1.82, 2.24) is 5.06 Å². The van der Waals surface area contributed by atoms with Crippen LogP contribution in [0.3, 0.4) is 0 Å². The summed E-state index contributed by atoms with van der Waals surface area (Å²) in [5.41, 5.74) is 1.67. The normalized spacial score (nSPS) is 13.1. The number of nitrogens with zero attached hydrogens (tertiary/aromatic N) is 1. The molecule has 0 fully saturated rings. The molecule has 5 heteroatoms. The fourth-order valence-corrected chi connectivity index (χ4v) is 2.99. The first kappa shape index (κ1) is 17.5. The van der Waals surface area contributed by atoms with E-state index in [1.165, 1.54) is 0 Å². The molecule has 0 atom stereocenters.